The van der Waals surface area contributed by atoms with E-state index in [-0.39, 0.29) is 12.2 Å². The summed E-state index contributed by atoms with van der Waals surface area (Å²) in [5.74, 6) is -1.09. The van der Waals surface area contributed by atoms with Crippen molar-refractivity contribution >= 4 is 11.9 Å². The first-order valence-corrected chi connectivity index (χ1v) is 5.99. The lowest BCUT2D eigenvalue weighted by atomic mass is 10.3. The zero-order valence-electron chi connectivity index (χ0n) is 10.0. The van der Waals surface area contributed by atoms with E-state index in [1.807, 2.05) is 0 Å². The number of ether oxygens (including phenoxy) is 4. The van der Waals surface area contributed by atoms with Crippen LogP contribution in [0.1, 0.15) is 12.8 Å². The Bertz CT molecular complexity index is 297. The molecule has 2 atom stereocenters. The van der Waals surface area contributed by atoms with Gasteiger partial charge in [-0.1, -0.05) is 0 Å². The Hall–Kier alpha value is -1.40. The zero-order chi connectivity index (χ0) is 12.8. The number of esters is 2. The van der Waals surface area contributed by atoms with Gasteiger partial charge >= 0.3 is 11.9 Å². The van der Waals surface area contributed by atoms with Gasteiger partial charge in [0.2, 0.25) is 0 Å². The second-order valence-electron chi connectivity index (χ2n) is 4.16. The average molecular weight is 256 g/mol. The van der Waals surface area contributed by atoms with Crippen molar-refractivity contribution in [3.63, 3.8) is 0 Å². The lowest BCUT2D eigenvalue weighted by molar-refractivity contribution is -0.140. The molecule has 100 valence electrons. The number of carbonyl (C=O) groups excluding carboxylic acids is 2. The number of carbonyl (C=O) groups is 2. The summed E-state index contributed by atoms with van der Waals surface area (Å²) in [6.07, 6.45) is 4.01. The Morgan fingerprint density at radius 2 is 1.33 bits per heavy atom. The maximum absolute atomic E-state index is 11.2. The molecule has 0 bridgehead atoms. The molecule has 2 rings (SSSR count). The molecule has 2 aliphatic heterocycles. The van der Waals surface area contributed by atoms with Gasteiger partial charge in [0.15, 0.2) is 0 Å². The molecule has 2 aliphatic rings. The monoisotopic (exact) mass is 256 g/mol. The quantitative estimate of drug-likeness (QED) is 0.351. The fourth-order valence-electron chi connectivity index (χ4n) is 1.28. The summed E-state index contributed by atoms with van der Waals surface area (Å²) in [5.41, 5.74) is 0. The first-order valence-electron chi connectivity index (χ1n) is 5.99. The number of rotatable bonds is 8. The van der Waals surface area contributed by atoms with Gasteiger partial charge in [-0.3, -0.25) is 0 Å². The molecule has 0 spiro atoms. The van der Waals surface area contributed by atoms with E-state index in [2.05, 4.69) is 0 Å². The molecular weight excluding hydrogens is 240 g/mol. The third kappa shape index (κ3) is 5.79. The molecule has 2 fully saturated rings. The van der Waals surface area contributed by atoms with E-state index in [0.29, 0.717) is 26.1 Å². The lowest BCUT2D eigenvalue weighted by Gasteiger charge is -2.00. The first-order chi connectivity index (χ1) is 8.74. The SMILES string of the molecule is O=C(/C=C/C(=O)OCCC1CO1)OCCC1CO1. The summed E-state index contributed by atoms with van der Waals surface area (Å²) in [7, 11) is 0. The average Bonchev–Trinajstić information content (AvgIpc) is 3.20. The van der Waals surface area contributed by atoms with E-state index in [1.165, 1.54) is 0 Å². The minimum Gasteiger partial charge on any atom is -0.462 e. The second-order valence-corrected chi connectivity index (χ2v) is 4.16. The van der Waals surface area contributed by atoms with Crippen molar-refractivity contribution in [1.29, 1.82) is 0 Å². The highest BCUT2D eigenvalue weighted by molar-refractivity contribution is 5.91. The maximum atomic E-state index is 11.2. The third-order valence-electron chi connectivity index (χ3n) is 2.53. The Kier molecular flexibility index (Phi) is 4.72. The molecule has 0 saturated carbocycles. The van der Waals surface area contributed by atoms with Crippen LogP contribution in [0.3, 0.4) is 0 Å². The Balaban J connectivity index is 1.49. The molecule has 0 amide bonds. The molecule has 0 aromatic heterocycles. The maximum Gasteiger partial charge on any atom is 0.331 e. The van der Waals surface area contributed by atoms with Crippen molar-refractivity contribution in [1.82, 2.24) is 0 Å². The fraction of sp³-hybridized carbons (Fsp3) is 0.667. The molecule has 6 nitrogen and oxygen atoms in total. The van der Waals surface area contributed by atoms with Crippen LogP contribution < -0.4 is 0 Å². The molecule has 0 aliphatic carbocycles. The topological polar surface area (TPSA) is 77.7 Å². The molecule has 18 heavy (non-hydrogen) atoms. The van der Waals surface area contributed by atoms with Gasteiger partial charge < -0.3 is 18.9 Å². The highest BCUT2D eigenvalue weighted by Crippen LogP contribution is 2.13. The van der Waals surface area contributed by atoms with Gasteiger partial charge in [-0.15, -0.1) is 0 Å². The van der Waals surface area contributed by atoms with Crippen molar-refractivity contribution in [3.8, 4) is 0 Å². The summed E-state index contributed by atoms with van der Waals surface area (Å²) in [6.45, 7) is 2.10. The van der Waals surface area contributed by atoms with E-state index in [1.54, 1.807) is 0 Å². The van der Waals surface area contributed by atoms with Crippen LogP contribution in [0.25, 0.3) is 0 Å². The molecule has 0 N–H and O–H groups in total. The van der Waals surface area contributed by atoms with Gasteiger partial charge in [-0.2, -0.15) is 0 Å². The van der Waals surface area contributed by atoms with Crippen LogP contribution in [0, 0.1) is 0 Å². The summed E-state index contributed by atoms with van der Waals surface area (Å²) in [6, 6.07) is 0. The van der Waals surface area contributed by atoms with Gasteiger partial charge in [0.25, 0.3) is 0 Å². The predicted octanol–water partition coefficient (Wildman–Crippen LogP) is 0.207. The van der Waals surface area contributed by atoms with Gasteiger partial charge in [0, 0.05) is 25.0 Å². The smallest absolute Gasteiger partial charge is 0.331 e. The van der Waals surface area contributed by atoms with Gasteiger partial charge in [-0.05, 0) is 0 Å². The summed E-state index contributed by atoms with van der Waals surface area (Å²) < 4.78 is 19.7. The van der Waals surface area contributed by atoms with Crippen LogP contribution in [0.5, 0.6) is 0 Å². The van der Waals surface area contributed by atoms with Crippen LogP contribution in [-0.2, 0) is 28.5 Å². The molecular formula is C12H16O6. The number of epoxide rings is 2. The molecule has 0 aromatic rings. The van der Waals surface area contributed by atoms with Crippen LogP contribution in [-0.4, -0.2) is 50.6 Å². The normalized spacial score (nSPS) is 24.9. The van der Waals surface area contributed by atoms with Gasteiger partial charge in [0.1, 0.15) is 0 Å². The minimum atomic E-state index is -0.543. The van der Waals surface area contributed by atoms with E-state index in [0.717, 1.165) is 25.4 Å². The van der Waals surface area contributed by atoms with Gasteiger partial charge in [0.05, 0.1) is 38.6 Å². The predicted molar refractivity (Wildman–Crippen MR) is 59.8 cm³/mol. The van der Waals surface area contributed by atoms with E-state index >= 15 is 0 Å². The molecule has 6 heteroatoms. The van der Waals surface area contributed by atoms with Crippen molar-refractivity contribution in [3.05, 3.63) is 12.2 Å². The van der Waals surface area contributed by atoms with Crippen LogP contribution in [0.2, 0.25) is 0 Å². The van der Waals surface area contributed by atoms with Gasteiger partial charge in [-0.25, -0.2) is 9.59 Å². The summed E-state index contributed by atoms with van der Waals surface area (Å²) >= 11 is 0. The molecule has 2 unspecified atom stereocenters. The molecule has 0 radical (unpaired) electrons. The zero-order valence-corrected chi connectivity index (χ0v) is 10.0. The Labute approximate surface area is 105 Å². The fourth-order valence-corrected chi connectivity index (χ4v) is 1.28. The van der Waals surface area contributed by atoms with Crippen molar-refractivity contribution < 1.29 is 28.5 Å². The van der Waals surface area contributed by atoms with Crippen molar-refractivity contribution in [2.75, 3.05) is 26.4 Å². The van der Waals surface area contributed by atoms with Crippen molar-refractivity contribution in [2.24, 2.45) is 0 Å². The van der Waals surface area contributed by atoms with Crippen LogP contribution in [0.4, 0.5) is 0 Å². The van der Waals surface area contributed by atoms with E-state index in [9.17, 15) is 9.59 Å². The third-order valence-corrected chi connectivity index (χ3v) is 2.53. The van der Waals surface area contributed by atoms with E-state index in [4.69, 9.17) is 18.9 Å². The van der Waals surface area contributed by atoms with E-state index < -0.39 is 11.9 Å². The molecule has 0 aromatic carbocycles. The molecule has 2 heterocycles. The number of hydrogen-bond acceptors (Lipinski definition) is 6. The second kappa shape index (κ2) is 6.51. The highest BCUT2D eigenvalue weighted by Gasteiger charge is 2.22. The minimum absolute atomic E-state index is 0.233. The summed E-state index contributed by atoms with van der Waals surface area (Å²) in [4.78, 5) is 22.3. The number of hydrogen-bond donors (Lipinski definition) is 0. The first kappa shape index (κ1) is 13.0. The Morgan fingerprint density at radius 3 is 1.67 bits per heavy atom. The van der Waals surface area contributed by atoms with Crippen LogP contribution in [0.15, 0.2) is 12.2 Å². The lowest BCUT2D eigenvalue weighted by Crippen LogP contribution is -2.07. The Morgan fingerprint density at radius 1 is 0.944 bits per heavy atom. The largest absolute Gasteiger partial charge is 0.462 e. The van der Waals surface area contributed by atoms with Crippen molar-refractivity contribution in [2.45, 2.75) is 25.0 Å². The standard InChI is InChI=1S/C12H16O6/c13-11(15-5-3-9-7-17-9)1-2-12(14)16-6-4-10-8-18-10/h1-2,9-10H,3-8H2/b2-1+. The highest BCUT2D eigenvalue weighted by atomic mass is 16.6. The molecule has 2 saturated heterocycles. The summed E-state index contributed by atoms with van der Waals surface area (Å²) in [5, 5.41) is 0. The van der Waals surface area contributed by atoms with Crippen LogP contribution >= 0.6 is 0 Å².